The topological polar surface area (TPSA) is 46.3 Å². The SMILES string of the molecule is CN(Cc1ccccc1C(F)(F)F)C(=O)CCCN. The fourth-order valence-electron chi connectivity index (χ4n) is 1.72. The zero-order valence-electron chi connectivity index (χ0n) is 10.7. The predicted octanol–water partition coefficient (Wildman–Crippen LogP) is 2.40. The smallest absolute Gasteiger partial charge is 0.341 e. The largest absolute Gasteiger partial charge is 0.416 e. The number of carbonyl (C=O) groups excluding carboxylic acids is 1. The summed E-state index contributed by atoms with van der Waals surface area (Å²) in [4.78, 5) is 12.9. The lowest BCUT2D eigenvalue weighted by molar-refractivity contribution is -0.139. The molecule has 0 saturated carbocycles. The first-order valence-electron chi connectivity index (χ1n) is 5.95. The fraction of sp³-hybridized carbons (Fsp3) is 0.462. The van der Waals surface area contributed by atoms with E-state index >= 15 is 0 Å². The molecule has 1 amide bonds. The monoisotopic (exact) mass is 274 g/mol. The average molecular weight is 274 g/mol. The Labute approximate surface area is 110 Å². The van der Waals surface area contributed by atoms with Crippen LogP contribution in [-0.4, -0.2) is 24.4 Å². The van der Waals surface area contributed by atoms with Crippen LogP contribution >= 0.6 is 0 Å². The third-order valence-corrected chi connectivity index (χ3v) is 2.75. The van der Waals surface area contributed by atoms with Crippen LogP contribution in [0.15, 0.2) is 24.3 Å². The third kappa shape index (κ3) is 4.55. The molecule has 0 aliphatic heterocycles. The van der Waals surface area contributed by atoms with Crippen LogP contribution in [0.5, 0.6) is 0 Å². The van der Waals surface area contributed by atoms with Gasteiger partial charge < -0.3 is 10.6 Å². The lowest BCUT2D eigenvalue weighted by Crippen LogP contribution is -2.27. The molecule has 0 fully saturated rings. The minimum Gasteiger partial charge on any atom is -0.341 e. The van der Waals surface area contributed by atoms with Gasteiger partial charge in [-0.05, 0) is 24.6 Å². The molecule has 0 atom stereocenters. The van der Waals surface area contributed by atoms with Crippen LogP contribution in [0.1, 0.15) is 24.0 Å². The van der Waals surface area contributed by atoms with Gasteiger partial charge in [0.25, 0.3) is 0 Å². The Kier molecular flexibility index (Phi) is 5.35. The van der Waals surface area contributed by atoms with Gasteiger partial charge >= 0.3 is 6.18 Å². The number of nitrogens with two attached hydrogens (primary N) is 1. The van der Waals surface area contributed by atoms with E-state index in [1.165, 1.54) is 30.1 Å². The van der Waals surface area contributed by atoms with Crippen molar-refractivity contribution < 1.29 is 18.0 Å². The molecular weight excluding hydrogens is 257 g/mol. The Morgan fingerprint density at radius 1 is 1.32 bits per heavy atom. The zero-order valence-corrected chi connectivity index (χ0v) is 10.7. The van der Waals surface area contributed by atoms with Crippen LogP contribution in [0.25, 0.3) is 0 Å². The van der Waals surface area contributed by atoms with Crippen LogP contribution in [0.4, 0.5) is 13.2 Å². The van der Waals surface area contributed by atoms with Crippen molar-refractivity contribution in [3.8, 4) is 0 Å². The second-order valence-corrected chi connectivity index (χ2v) is 4.30. The Bertz CT molecular complexity index is 432. The molecule has 3 nitrogen and oxygen atoms in total. The lowest BCUT2D eigenvalue weighted by Gasteiger charge is -2.20. The van der Waals surface area contributed by atoms with Gasteiger partial charge in [0.05, 0.1) is 5.56 Å². The van der Waals surface area contributed by atoms with E-state index in [-0.39, 0.29) is 24.4 Å². The maximum absolute atomic E-state index is 12.8. The standard InChI is InChI=1S/C13H17F3N2O/c1-18(12(19)7-4-8-17)9-10-5-2-3-6-11(10)13(14,15)16/h2-3,5-6H,4,7-9,17H2,1H3. The number of alkyl halides is 3. The Balaban J connectivity index is 2.80. The van der Waals surface area contributed by atoms with Gasteiger partial charge in [-0.2, -0.15) is 13.2 Å². The van der Waals surface area contributed by atoms with Crippen LogP contribution in [-0.2, 0) is 17.5 Å². The molecule has 0 aromatic heterocycles. The molecule has 1 aromatic carbocycles. The van der Waals surface area contributed by atoms with Crippen molar-refractivity contribution in [2.45, 2.75) is 25.6 Å². The first kappa shape index (κ1) is 15.5. The number of amides is 1. The van der Waals surface area contributed by atoms with Gasteiger partial charge in [0.2, 0.25) is 5.91 Å². The second-order valence-electron chi connectivity index (χ2n) is 4.30. The molecular formula is C13H17F3N2O. The number of hydrogen-bond donors (Lipinski definition) is 1. The molecule has 0 heterocycles. The molecule has 0 aliphatic carbocycles. The summed E-state index contributed by atoms with van der Waals surface area (Å²) < 4.78 is 38.3. The fourth-order valence-corrected chi connectivity index (χ4v) is 1.72. The summed E-state index contributed by atoms with van der Waals surface area (Å²) in [5.74, 6) is -0.206. The van der Waals surface area contributed by atoms with Gasteiger partial charge in [0, 0.05) is 20.0 Å². The zero-order chi connectivity index (χ0) is 14.5. The maximum Gasteiger partial charge on any atom is 0.416 e. The molecule has 6 heteroatoms. The molecule has 0 radical (unpaired) electrons. The van der Waals surface area contributed by atoms with Gasteiger partial charge in [-0.25, -0.2) is 0 Å². The molecule has 0 unspecified atom stereocenters. The lowest BCUT2D eigenvalue weighted by atomic mass is 10.1. The van der Waals surface area contributed by atoms with Gasteiger partial charge in [-0.15, -0.1) is 0 Å². The van der Waals surface area contributed by atoms with Crippen molar-refractivity contribution in [3.05, 3.63) is 35.4 Å². The van der Waals surface area contributed by atoms with Crippen molar-refractivity contribution in [3.63, 3.8) is 0 Å². The number of benzene rings is 1. The van der Waals surface area contributed by atoms with E-state index in [4.69, 9.17) is 5.73 Å². The van der Waals surface area contributed by atoms with Crippen molar-refractivity contribution >= 4 is 5.91 Å². The Hall–Kier alpha value is -1.56. The third-order valence-electron chi connectivity index (χ3n) is 2.75. The van der Waals surface area contributed by atoms with E-state index in [0.717, 1.165) is 6.07 Å². The molecule has 0 saturated heterocycles. The normalized spacial score (nSPS) is 11.4. The van der Waals surface area contributed by atoms with Crippen molar-refractivity contribution in [2.24, 2.45) is 5.73 Å². The van der Waals surface area contributed by atoms with Crippen LogP contribution in [0, 0.1) is 0 Å². The molecule has 106 valence electrons. The minimum absolute atomic E-state index is 0.0565. The number of halogens is 3. The molecule has 2 N–H and O–H groups in total. The summed E-state index contributed by atoms with van der Waals surface area (Å²) in [5.41, 5.74) is 4.69. The van der Waals surface area contributed by atoms with E-state index < -0.39 is 11.7 Å². The van der Waals surface area contributed by atoms with Gasteiger partial charge in [0.15, 0.2) is 0 Å². The summed E-state index contributed by atoms with van der Waals surface area (Å²) in [7, 11) is 1.49. The van der Waals surface area contributed by atoms with E-state index in [1.807, 2.05) is 0 Å². The average Bonchev–Trinajstić information content (AvgIpc) is 2.35. The van der Waals surface area contributed by atoms with Crippen LogP contribution < -0.4 is 5.73 Å². The highest BCUT2D eigenvalue weighted by Gasteiger charge is 2.33. The van der Waals surface area contributed by atoms with Crippen LogP contribution in [0.2, 0.25) is 0 Å². The highest BCUT2D eigenvalue weighted by Crippen LogP contribution is 2.32. The van der Waals surface area contributed by atoms with Crippen LogP contribution in [0.3, 0.4) is 0 Å². The van der Waals surface area contributed by atoms with E-state index in [9.17, 15) is 18.0 Å². The number of carbonyl (C=O) groups is 1. The number of rotatable bonds is 5. The maximum atomic E-state index is 12.8. The summed E-state index contributed by atoms with van der Waals surface area (Å²) >= 11 is 0. The molecule has 1 aromatic rings. The van der Waals surface area contributed by atoms with Gasteiger partial charge in [-0.1, -0.05) is 18.2 Å². The molecule has 0 aliphatic rings. The summed E-state index contributed by atoms with van der Waals surface area (Å²) in [6.07, 6.45) is -3.62. The number of nitrogens with zero attached hydrogens (tertiary/aromatic N) is 1. The molecule has 0 spiro atoms. The number of hydrogen-bond acceptors (Lipinski definition) is 2. The molecule has 0 bridgehead atoms. The van der Waals surface area contributed by atoms with E-state index in [0.29, 0.717) is 13.0 Å². The van der Waals surface area contributed by atoms with Crippen molar-refractivity contribution in [1.29, 1.82) is 0 Å². The minimum atomic E-state index is -4.41. The summed E-state index contributed by atoms with van der Waals surface area (Å²) in [6.45, 7) is 0.331. The Morgan fingerprint density at radius 3 is 2.53 bits per heavy atom. The molecule has 1 rings (SSSR count). The highest BCUT2D eigenvalue weighted by atomic mass is 19.4. The van der Waals surface area contributed by atoms with E-state index in [1.54, 1.807) is 0 Å². The first-order valence-corrected chi connectivity index (χ1v) is 5.95. The predicted molar refractivity (Wildman–Crippen MR) is 66.2 cm³/mol. The van der Waals surface area contributed by atoms with E-state index in [2.05, 4.69) is 0 Å². The molecule has 19 heavy (non-hydrogen) atoms. The van der Waals surface area contributed by atoms with Crippen molar-refractivity contribution in [2.75, 3.05) is 13.6 Å². The van der Waals surface area contributed by atoms with Gasteiger partial charge in [0.1, 0.15) is 0 Å². The Morgan fingerprint density at radius 2 is 1.95 bits per heavy atom. The second kappa shape index (κ2) is 6.56. The quantitative estimate of drug-likeness (QED) is 0.896. The van der Waals surface area contributed by atoms with Gasteiger partial charge in [-0.3, -0.25) is 4.79 Å². The summed E-state index contributed by atoms with van der Waals surface area (Å²) in [6, 6.07) is 5.27. The summed E-state index contributed by atoms with van der Waals surface area (Å²) in [5, 5.41) is 0. The highest BCUT2D eigenvalue weighted by molar-refractivity contribution is 5.75. The van der Waals surface area contributed by atoms with Crippen molar-refractivity contribution in [1.82, 2.24) is 4.90 Å². The first-order chi connectivity index (χ1) is 8.86.